The number of halogens is 1. The number of rotatable bonds is 5. The number of aromatic nitrogens is 3. The second-order valence-corrected chi connectivity index (χ2v) is 6.56. The van der Waals surface area contributed by atoms with Gasteiger partial charge in [0.15, 0.2) is 11.6 Å². The van der Waals surface area contributed by atoms with E-state index in [0.29, 0.717) is 23.5 Å². The molecular weight excluding hydrogens is 339 g/mol. The highest BCUT2D eigenvalue weighted by atomic mass is 32.1. The number of nitrogens with zero attached hydrogens (tertiary/aromatic N) is 3. The number of hydrogen-bond acceptors (Lipinski definition) is 5. The van der Waals surface area contributed by atoms with Crippen molar-refractivity contribution >= 4 is 17.2 Å². The molecule has 1 N–H and O–H groups in total. The number of nitrogens with one attached hydrogen (secondary N) is 1. The van der Waals surface area contributed by atoms with E-state index in [0.717, 1.165) is 30.1 Å². The zero-order valence-electron chi connectivity index (χ0n) is 13.9. The lowest BCUT2D eigenvalue weighted by Crippen LogP contribution is -2.26. The molecule has 0 spiro atoms. The molecule has 2 aromatic heterocycles. The first-order valence-corrected chi connectivity index (χ1v) is 8.68. The van der Waals surface area contributed by atoms with Crippen molar-refractivity contribution in [2.45, 2.75) is 20.3 Å². The first kappa shape index (κ1) is 17.2. The van der Waals surface area contributed by atoms with Crippen molar-refractivity contribution in [2.75, 3.05) is 6.54 Å². The van der Waals surface area contributed by atoms with Gasteiger partial charge in [-0.05, 0) is 25.5 Å². The lowest BCUT2D eigenvalue weighted by Gasteiger charge is -2.09. The first-order chi connectivity index (χ1) is 12.0. The van der Waals surface area contributed by atoms with E-state index in [4.69, 9.17) is 0 Å². The zero-order chi connectivity index (χ0) is 17.8. The Morgan fingerprint density at radius 1 is 1.20 bits per heavy atom. The summed E-state index contributed by atoms with van der Waals surface area (Å²) < 4.78 is 13.0. The molecule has 1 amide bonds. The lowest BCUT2D eigenvalue weighted by atomic mass is 10.0. The largest absolute Gasteiger partial charge is 0.352 e. The number of aryl methyl sites for hydroxylation is 2. The maximum absolute atomic E-state index is 13.0. The van der Waals surface area contributed by atoms with Crippen LogP contribution in [0.1, 0.15) is 26.5 Å². The van der Waals surface area contributed by atoms with E-state index in [9.17, 15) is 9.18 Å². The smallest absolute Gasteiger partial charge is 0.251 e. The Hall–Kier alpha value is -2.67. The van der Waals surface area contributed by atoms with Gasteiger partial charge in [0.2, 0.25) is 0 Å². The second-order valence-electron chi connectivity index (χ2n) is 5.62. The maximum atomic E-state index is 13.0. The molecule has 0 aliphatic heterocycles. The average Bonchev–Trinajstić information content (AvgIpc) is 3.01. The molecule has 0 radical (unpaired) electrons. The molecule has 7 heteroatoms. The minimum Gasteiger partial charge on any atom is -0.352 e. The highest BCUT2D eigenvalue weighted by molar-refractivity contribution is 7.09. The van der Waals surface area contributed by atoms with Crippen LogP contribution in [0.25, 0.3) is 11.4 Å². The summed E-state index contributed by atoms with van der Waals surface area (Å²) >= 11 is 1.59. The van der Waals surface area contributed by atoms with E-state index in [1.54, 1.807) is 17.4 Å². The molecular formula is C18H17FN4OS. The summed E-state index contributed by atoms with van der Waals surface area (Å²) in [5, 5.41) is 2.93. The Morgan fingerprint density at radius 3 is 2.64 bits per heavy atom. The first-order valence-electron chi connectivity index (χ1n) is 7.80. The van der Waals surface area contributed by atoms with E-state index in [2.05, 4.69) is 20.3 Å². The van der Waals surface area contributed by atoms with E-state index < -0.39 is 5.82 Å². The fourth-order valence-electron chi connectivity index (χ4n) is 2.42. The van der Waals surface area contributed by atoms with Crippen molar-refractivity contribution in [1.82, 2.24) is 20.3 Å². The molecule has 5 nitrogen and oxygen atoms in total. The Bertz CT molecular complexity index is 892. The van der Waals surface area contributed by atoms with Gasteiger partial charge in [0, 0.05) is 29.0 Å². The molecule has 0 aliphatic rings. The van der Waals surface area contributed by atoms with Gasteiger partial charge < -0.3 is 5.32 Å². The fourth-order valence-corrected chi connectivity index (χ4v) is 3.20. The normalized spacial score (nSPS) is 10.7. The van der Waals surface area contributed by atoms with Gasteiger partial charge in [-0.2, -0.15) is 0 Å². The van der Waals surface area contributed by atoms with Crippen LogP contribution < -0.4 is 5.32 Å². The Morgan fingerprint density at radius 2 is 1.96 bits per heavy atom. The zero-order valence-corrected chi connectivity index (χ0v) is 14.7. The van der Waals surface area contributed by atoms with E-state index in [1.807, 2.05) is 31.5 Å². The van der Waals surface area contributed by atoms with Crippen LogP contribution >= 0.6 is 11.3 Å². The van der Waals surface area contributed by atoms with Gasteiger partial charge in [-0.25, -0.2) is 19.3 Å². The molecule has 3 rings (SSSR count). The quantitative estimate of drug-likeness (QED) is 0.761. The molecule has 25 heavy (non-hydrogen) atoms. The fraction of sp³-hybridized carbons (Fsp3) is 0.222. The number of thiazole rings is 1. The molecule has 3 aromatic rings. The van der Waals surface area contributed by atoms with Crippen molar-refractivity contribution in [2.24, 2.45) is 0 Å². The summed E-state index contributed by atoms with van der Waals surface area (Å²) in [7, 11) is 0. The van der Waals surface area contributed by atoms with Crippen LogP contribution in [-0.4, -0.2) is 27.4 Å². The number of carbonyl (C=O) groups is 1. The number of benzene rings is 1. The third-order valence-electron chi connectivity index (χ3n) is 3.84. The maximum Gasteiger partial charge on any atom is 0.251 e. The molecule has 1 aromatic carbocycles. The minimum absolute atomic E-state index is 0.149. The van der Waals surface area contributed by atoms with Crippen LogP contribution in [0, 0.1) is 19.7 Å². The third-order valence-corrected chi connectivity index (χ3v) is 4.84. The van der Waals surface area contributed by atoms with Crippen LogP contribution in [0.5, 0.6) is 0 Å². The van der Waals surface area contributed by atoms with Crippen molar-refractivity contribution in [1.29, 1.82) is 0 Å². The highest BCUT2D eigenvalue weighted by Gasteiger charge is 2.12. The molecule has 0 saturated heterocycles. The summed E-state index contributed by atoms with van der Waals surface area (Å²) in [6.45, 7) is 4.38. The van der Waals surface area contributed by atoms with Gasteiger partial charge in [-0.3, -0.25) is 4.79 Å². The third kappa shape index (κ3) is 4.06. The molecule has 0 bridgehead atoms. The van der Waals surface area contributed by atoms with E-state index in [1.165, 1.54) is 4.88 Å². The summed E-state index contributed by atoms with van der Waals surface area (Å²) in [4.78, 5) is 25.8. The second kappa shape index (κ2) is 7.48. The molecule has 0 unspecified atom stereocenters. The topological polar surface area (TPSA) is 67.8 Å². The van der Waals surface area contributed by atoms with Crippen molar-refractivity contribution < 1.29 is 9.18 Å². The summed E-state index contributed by atoms with van der Waals surface area (Å²) in [6.07, 6.45) is 2.97. The van der Waals surface area contributed by atoms with Gasteiger partial charge in [0.1, 0.15) is 0 Å². The van der Waals surface area contributed by atoms with Gasteiger partial charge in [-0.15, -0.1) is 11.3 Å². The van der Waals surface area contributed by atoms with E-state index in [-0.39, 0.29) is 5.91 Å². The van der Waals surface area contributed by atoms with Crippen molar-refractivity contribution in [3.8, 4) is 11.4 Å². The SMILES string of the molecule is Cc1ccc(-c2ncc(F)cn2)cc1C(=O)NCCc1scnc1C. The van der Waals surface area contributed by atoms with Gasteiger partial charge in [0.25, 0.3) is 5.91 Å². The van der Waals surface area contributed by atoms with Crippen LogP contribution in [-0.2, 0) is 6.42 Å². The summed E-state index contributed by atoms with van der Waals surface area (Å²) in [5.74, 6) is -0.258. The van der Waals surface area contributed by atoms with Gasteiger partial charge >= 0.3 is 0 Å². The van der Waals surface area contributed by atoms with Gasteiger partial charge in [0.05, 0.1) is 23.6 Å². The molecule has 0 fully saturated rings. The Labute approximate surface area is 149 Å². The summed E-state index contributed by atoms with van der Waals surface area (Å²) in [6, 6.07) is 5.39. The predicted molar refractivity (Wildman–Crippen MR) is 95.1 cm³/mol. The highest BCUT2D eigenvalue weighted by Crippen LogP contribution is 2.19. The predicted octanol–water partition coefficient (Wildman–Crippen LogP) is 3.33. The van der Waals surface area contributed by atoms with Crippen molar-refractivity contribution in [3.05, 3.63) is 63.6 Å². The lowest BCUT2D eigenvalue weighted by molar-refractivity contribution is 0.0953. The summed E-state index contributed by atoms with van der Waals surface area (Å²) in [5.41, 5.74) is 4.91. The molecule has 0 aliphatic carbocycles. The molecule has 128 valence electrons. The standard InChI is InChI=1S/C18H17FN4OS/c1-11-3-4-13(17-21-8-14(19)9-22-17)7-15(11)18(24)20-6-5-16-12(2)23-10-25-16/h3-4,7-10H,5-6H2,1-2H3,(H,20,24). The number of hydrogen-bond donors (Lipinski definition) is 1. The van der Waals surface area contributed by atoms with Crippen LogP contribution in [0.15, 0.2) is 36.1 Å². The average molecular weight is 356 g/mol. The number of amides is 1. The molecule has 0 saturated carbocycles. The van der Waals surface area contributed by atoms with Crippen molar-refractivity contribution in [3.63, 3.8) is 0 Å². The van der Waals surface area contributed by atoms with Crippen LogP contribution in [0.4, 0.5) is 4.39 Å². The van der Waals surface area contributed by atoms with Crippen LogP contribution in [0.2, 0.25) is 0 Å². The molecule has 2 heterocycles. The monoisotopic (exact) mass is 356 g/mol. The van der Waals surface area contributed by atoms with Crippen LogP contribution in [0.3, 0.4) is 0 Å². The van der Waals surface area contributed by atoms with E-state index >= 15 is 0 Å². The van der Waals surface area contributed by atoms with Gasteiger partial charge in [-0.1, -0.05) is 12.1 Å². The Kier molecular flexibility index (Phi) is 5.14. The Balaban J connectivity index is 1.72. The number of carbonyl (C=O) groups excluding carboxylic acids is 1. The minimum atomic E-state index is -0.493. The molecule has 0 atom stereocenters.